The Bertz CT molecular complexity index is 817. The highest BCUT2D eigenvalue weighted by molar-refractivity contribution is 14.0. The Morgan fingerprint density at radius 3 is 2.68 bits per heavy atom. The Kier molecular flexibility index (Phi) is 9.02. The second-order valence-electron chi connectivity index (χ2n) is 6.04. The van der Waals surface area contributed by atoms with E-state index in [4.69, 9.17) is 4.42 Å². The molecule has 7 nitrogen and oxygen atoms in total. The summed E-state index contributed by atoms with van der Waals surface area (Å²) in [5.74, 6) is 1.20. The second kappa shape index (κ2) is 11.5. The van der Waals surface area contributed by atoms with Gasteiger partial charge in [0.25, 0.3) is 0 Å². The minimum atomic E-state index is -0.745. The summed E-state index contributed by atoms with van der Waals surface area (Å²) < 4.78 is 7.03. The molecular weight excluding hydrogens is 469 g/mol. The van der Waals surface area contributed by atoms with Gasteiger partial charge in [0.1, 0.15) is 11.9 Å². The van der Waals surface area contributed by atoms with Crippen LogP contribution in [0.3, 0.4) is 0 Å². The highest BCUT2D eigenvalue weighted by Gasteiger charge is 2.09. The summed E-state index contributed by atoms with van der Waals surface area (Å²) in [7, 11) is 0. The van der Waals surface area contributed by atoms with Gasteiger partial charge >= 0.3 is 0 Å². The first-order chi connectivity index (χ1) is 13.3. The molecule has 0 aliphatic heterocycles. The zero-order chi connectivity index (χ0) is 18.9. The first kappa shape index (κ1) is 22.0. The molecule has 1 unspecified atom stereocenters. The lowest BCUT2D eigenvalue weighted by atomic mass is 10.1. The van der Waals surface area contributed by atoms with E-state index in [0.717, 1.165) is 25.2 Å². The molecule has 0 aliphatic rings. The van der Waals surface area contributed by atoms with Crippen molar-refractivity contribution in [2.75, 3.05) is 19.6 Å². The average molecular weight is 495 g/mol. The molecule has 0 saturated heterocycles. The number of aliphatic imine (C=N–C) groups is 1. The van der Waals surface area contributed by atoms with Crippen molar-refractivity contribution in [2.45, 2.75) is 19.4 Å². The van der Waals surface area contributed by atoms with E-state index in [-0.39, 0.29) is 30.5 Å². The van der Waals surface area contributed by atoms with E-state index in [9.17, 15) is 5.11 Å². The Labute approximate surface area is 181 Å². The van der Waals surface area contributed by atoms with Crippen molar-refractivity contribution < 1.29 is 9.52 Å². The van der Waals surface area contributed by atoms with E-state index < -0.39 is 6.10 Å². The van der Waals surface area contributed by atoms with Gasteiger partial charge in [0, 0.05) is 25.5 Å². The zero-order valence-electron chi connectivity index (χ0n) is 15.8. The Morgan fingerprint density at radius 2 is 2.04 bits per heavy atom. The van der Waals surface area contributed by atoms with Crippen LogP contribution in [0.25, 0.3) is 5.69 Å². The Balaban J connectivity index is 0.00000280. The van der Waals surface area contributed by atoms with E-state index in [1.54, 1.807) is 24.6 Å². The third kappa shape index (κ3) is 6.38. The maximum atomic E-state index is 10.1. The van der Waals surface area contributed by atoms with Gasteiger partial charge in [0.05, 0.1) is 18.5 Å². The number of hydrogen-bond donors (Lipinski definition) is 3. The molecule has 2 aromatic heterocycles. The Morgan fingerprint density at radius 1 is 1.21 bits per heavy atom. The van der Waals surface area contributed by atoms with Gasteiger partial charge in [0.2, 0.25) is 0 Å². The van der Waals surface area contributed by atoms with Crippen LogP contribution in [0.15, 0.2) is 70.5 Å². The van der Waals surface area contributed by atoms with E-state index in [1.165, 1.54) is 5.56 Å². The molecule has 150 valence electrons. The molecule has 0 radical (unpaired) electrons. The van der Waals surface area contributed by atoms with Crippen molar-refractivity contribution >= 4 is 29.9 Å². The van der Waals surface area contributed by atoms with Crippen LogP contribution in [-0.4, -0.2) is 40.5 Å². The van der Waals surface area contributed by atoms with E-state index in [2.05, 4.69) is 45.0 Å². The summed E-state index contributed by atoms with van der Waals surface area (Å²) in [4.78, 5) is 4.42. The standard InChI is InChI=1S/C20H25N5O2.HI/c1-2-21-20(23-15-18(26)19-5-3-14-27-19)22-12-10-16-6-8-17(9-7-16)25-13-4-11-24-25;/h3-9,11,13-14,18,26H,2,10,12,15H2,1H3,(H2,21,22,23);1H. The number of hydrogen-bond acceptors (Lipinski definition) is 4. The fourth-order valence-electron chi connectivity index (χ4n) is 2.65. The van der Waals surface area contributed by atoms with Crippen molar-refractivity contribution in [3.8, 4) is 5.69 Å². The quantitative estimate of drug-likeness (QED) is 0.254. The highest BCUT2D eigenvalue weighted by atomic mass is 127. The van der Waals surface area contributed by atoms with Crippen LogP contribution in [-0.2, 0) is 6.42 Å². The third-order valence-electron chi connectivity index (χ3n) is 4.05. The Hall–Kier alpha value is -2.33. The summed E-state index contributed by atoms with van der Waals surface area (Å²) in [5.41, 5.74) is 2.27. The second-order valence-corrected chi connectivity index (χ2v) is 6.04. The SMILES string of the molecule is CCNC(=NCC(O)c1ccco1)NCCc1ccc(-n2cccn2)cc1.I. The fourth-order valence-corrected chi connectivity index (χ4v) is 2.65. The number of nitrogens with zero attached hydrogens (tertiary/aromatic N) is 3. The summed E-state index contributed by atoms with van der Waals surface area (Å²) in [6, 6.07) is 13.7. The molecule has 2 heterocycles. The molecule has 0 spiro atoms. The summed E-state index contributed by atoms with van der Waals surface area (Å²) >= 11 is 0. The maximum absolute atomic E-state index is 10.1. The number of aliphatic hydroxyl groups excluding tert-OH is 1. The van der Waals surface area contributed by atoms with Gasteiger partial charge in [-0.15, -0.1) is 24.0 Å². The predicted molar refractivity (Wildman–Crippen MR) is 120 cm³/mol. The molecule has 0 bridgehead atoms. The molecule has 0 aliphatic carbocycles. The number of benzene rings is 1. The third-order valence-corrected chi connectivity index (χ3v) is 4.05. The number of furan rings is 1. The summed E-state index contributed by atoms with van der Waals surface area (Å²) in [6.45, 7) is 3.74. The smallest absolute Gasteiger partial charge is 0.191 e. The maximum Gasteiger partial charge on any atom is 0.191 e. The summed E-state index contributed by atoms with van der Waals surface area (Å²) in [6.07, 6.45) is 5.36. The molecule has 3 rings (SSSR count). The van der Waals surface area contributed by atoms with Crippen molar-refractivity contribution in [2.24, 2.45) is 4.99 Å². The van der Waals surface area contributed by atoms with Gasteiger partial charge in [0.15, 0.2) is 5.96 Å². The molecule has 1 aromatic carbocycles. The number of nitrogens with one attached hydrogen (secondary N) is 2. The van der Waals surface area contributed by atoms with Gasteiger partial charge in [-0.05, 0) is 49.2 Å². The first-order valence-electron chi connectivity index (χ1n) is 9.09. The van der Waals surface area contributed by atoms with Crippen molar-refractivity contribution in [1.29, 1.82) is 0 Å². The normalized spacial score (nSPS) is 12.3. The predicted octanol–water partition coefficient (Wildman–Crippen LogP) is 2.91. The minimum Gasteiger partial charge on any atom is -0.467 e. The van der Waals surface area contributed by atoms with Crippen LogP contribution in [0.5, 0.6) is 0 Å². The lowest BCUT2D eigenvalue weighted by Crippen LogP contribution is -2.38. The van der Waals surface area contributed by atoms with Crippen LogP contribution in [0.1, 0.15) is 24.4 Å². The number of rotatable bonds is 8. The van der Waals surface area contributed by atoms with Gasteiger partial charge < -0.3 is 20.2 Å². The summed E-state index contributed by atoms with van der Waals surface area (Å²) in [5, 5.41) is 20.8. The molecule has 8 heteroatoms. The lowest BCUT2D eigenvalue weighted by molar-refractivity contribution is 0.158. The van der Waals surface area contributed by atoms with E-state index >= 15 is 0 Å². The highest BCUT2D eigenvalue weighted by Crippen LogP contribution is 2.13. The number of guanidine groups is 1. The topological polar surface area (TPSA) is 87.6 Å². The van der Waals surface area contributed by atoms with Gasteiger partial charge in [-0.1, -0.05) is 12.1 Å². The first-order valence-corrected chi connectivity index (χ1v) is 9.09. The molecule has 0 amide bonds. The molecule has 0 saturated carbocycles. The van der Waals surface area contributed by atoms with Gasteiger partial charge in [-0.25, -0.2) is 4.68 Å². The molecule has 3 aromatic rings. The number of aromatic nitrogens is 2. The zero-order valence-corrected chi connectivity index (χ0v) is 18.1. The van der Waals surface area contributed by atoms with Crippen LogP contribution in [0, 0.1) is 0 Å². The molecule has 1 atom stereocenters. The number of halogens is 1. The van der Waals surface area contributed by atoms with E-state index in [0.29, 0.717) is 11.7 Å². The molecule has 28 heavy (non-hydrogen) atoms. The van der Waals surface area contributed by atoms with Crippen molar-refractivity contribution in [3.63, 3.8) is 0 Å². The fraction of sp³-hybridized carbons (Fsp3) is 0.300. The van der Waals surface area contributed by atoms with Crippen LogP contribution in [0.2, 0.25) is 0 Å². The monoisotopic (exact) mass is 495 g/mol. The average Bonchev–Trinajstić information content (AvgIpc) is 3.40. The van der Waals surface area contributed by atoms with E-state index in [1.807, 2.05) is 23.9 Å². The van der Waals surface area contributed by atoms with Crippen LogP contribution >= 0.6 is 24.0 Å². The van der Waals surface area contributed by atoms with Gasteiger partial charge in [-0.2, -0.15) is 5.10 Å². The van der Waals surface area contributed by atoms with Gasteiger partial charge in [-0.3, -0.25) is 4.99 Å². The van der Waals surface area contributed by atoms with Crippen LogP contribution in [0.4, 0.5) is 0 Å². The lowest BCUT2D eigenvalue weighted by Gasteiger charge is -2.12. The molecule has 0 fully saturated rings. The van der Waals surface area contributed by atoms with Crippen molar-refractivity contribution in [1.82, 2.24) is 20.4 Å². The minimum absolute atomic E-state index is 0. The van der Waals surface area contributed by atoms with Crippen molar-refractivity contribution in [3.05, 3.63) is 72.4 Å². The van der Waals surface area contributed by atoms with Crippen LogP contribution < -0.4 is 10.6 Å². The number of aliphatic hydroxyl groups is 1. The molecular formula is C20H26IN5O2. The molecule has 3 N–H and O–H groups in total. The largest absolute Gasteiger partial charge is 0.467 e.